The molecule has 8 nitrogen and oxygen atoms in total. The molecule has 0 fully saturated rings. The largest absolute Gasteiger partial charge is 0.454 e. The van der Waals surface area contributed by atoms with Crippen molar-refractivity contribution < 1.29 is 23.9 Å². The molecule has 0 aliphatic carbocycles. The van der Waals surface area contributed by atoms with E-state index >= 15 is 0 Å². The second kappa shape index (κ2) is 6.26. The highest BCUT2D eigenvalue weighted by Gasteiger charge is 2.26. The van der Waals surface area contributed by atoms with Crippen LogP contribution < -0.4 is 9.47 Å². The number of benzene rings is 2. The predicted molar refractivity (Wildman–Crippen MR) is 94.0 cm³/mol. The Morgan fingerprint density at radius 2 is 1.96 bits per heavy atom. The van der Waals surface area contributed by atoms with Crippen molar-refractivity contribution in [3.8, 4) is 11.5 Å². The fraction of sp³-hybridized carbons (Fsp3) is 0.0588. The van der Waals surface area contributed by atoms with E-state index in [1.54, 1.807) is 24.3 Å². The second-order valence-corrected chi connectivity index (χ2v) is 6.23. The molecule has 2 heterocycles. The lowest BCUT2D eigenvalue weighted by atomic mass is 10.1. The number of ether oxygens (including phenoxy) is 3. The van der Waals surface area contributed by atoms with Gasteiger partial charge in [0, 0.05) is 11.6 Å². The zero-order valence-electron chi connectivity index (χ0n) is 13.0. The van der Waals surface area contributed by atoms with Crippen LogP contribution in [0.25, 0.3) is 6.08 Å². The topological polar surface area (TPSA) is 100 Å². The lowest BCUT2D eigenvalue weighted by Gasteiger charge is -2.01. The summed E-state index contributed by atoms with van der Waals surface area (Å²) >= 11 is 3.12. The van der Waals surface area contributed by atoms with Crippen molar-refractivity contribution in [3.05, 3.63) is 67.8 Å². The maximum absolute atomic E-state index is 12.1. The number of nitro benzene ring substituents is 1. The first kappa shape index (κ1) is 16.3. The van der Waals surface area contributed by atoms with Gasteiger partial charge in [-0.2, -0.15) is 0 Å². The van der Waals surface area contributed by atoms with Gasteiger partial charge in [0.15, 0.2) is 17.2 Å². The molecule has 2 aliphatic rings. The quantitative estimate of drug-likeness (QED) is 0.328. The van der Waals surface area contributed by atoms with Gasteiger partial charge in [0.2, 0.25) is 12.7 Å². The number of carbonyl (C=O) groups excluding carboxylic acids is 1. The van der Waals surface area contributed by atoms with Crippen molar-refractivity contribution in [3.63, 3.8) is 0 Å². The molecule has 0 N–H and O–H groups in total. The van der Waals surface area contributed by atoms with E-state index in [1.165, 1.54) is 18.2 Å². The van der Waals surface area contributed by atoms with E-state index in [4.69, 9.17) is 14.2 Å². The summed E-state index contributed by atoms with van der Waals surface area (Å²) in [6, 6.07) is 9.58. The Morgan fingerprint density at radius 1 is 1.15 bits per heavy atom. The molecule has 4 rings (SSSR count). The van der Waals surface area contributed by atoms with Crippen LogP contribution >= 0.6 is 15.9 Å². The van der Waals surface area contributed by atoms with Gasteiger partial charge < -0.3 is 14.2 Å². The molecular formula is C17H9BrN2O6. The first-order valence-electron chi connectivity index (χ1n) is 7.38. The molecule has 130 valence electrons. The lowest BCUT2D eigenvalue weighted by molar-refractivity contribution is -0.385. The van der Waals surface area contributed by atoms with E-state index < -0.39 is 10.9 Å². The van der Waals surface area contributed by atoms with Crippen LogP contribution in [-0.4, -0.2) is 23.6 Å². The van der Waals surface area contributed by atoms with Gasteiger partial charge in [0.25, 0.3) is 5.69 Å². The normalized spacial score (nSPS) is 16.6. The van der Waals surface area contributed by atoms with Gasteiger partial charge in [-0.25, -0.2) is 9.79 Å². The van der Waals surface area contributed by atoms with Crippen LogP contribution in [-0.2, 0) is 9.53 Å². The molecule has 0 bridgehead atoms. The summed E-state index contributed by atoms with van der Waals surface area (Å²) in [7, 11) is 0. The average molecular weight is 417 g/mol. The fourth-order valence-corrected chi connectivity index (χ4v) is 2.87. The number of hydrogen-bond acceptors (Lipinski definition) is 7. The van der Waals surface area contributed by atoms with E-state index in [0.29, 0.717) is 27.1 Å². The highest BCUT2D eigenvalue weighted by molar-refractivity contribution is 9.10. The Morgan fingerprint density at radius 3 is 2.77 bits per heavy atom. The molecule has 0 aromatic heterocycles. The summed E-state index contributed by atoms with van der Waals surface area (Å²) in [6.45, 7) is 0.137. The molecule has 0 saturated heterocycles. The number of esters is 1. The summed E-state index contributed by atoms with van der Waals surface area (Å²) in [5.74, 6) is 0.647. The van der Waals surface area contributed by atoms with E-state index in [2.05, 4.69) is 20.9 Å². The number of carbonyl (C=O) groups is 1. The van der Waals surface area contributed by atoms with Crippen molar-refractivity contribution in [1.29, 1.82) is 0 Å². The third-order valence-corrected chi connectivity index (χ3v) is 4.38. The van der Waals surface area contributed by atoms with Crippen LogP contribution in [0.4, 0.5) is 5.69 Å². The SMILES string of the molecule is O=C1OC(c2ccc3c(c2)OCO3)=NC1=Cc1ccc(Br)c([N+](=O)[O-])c1. The van der Waals surface area contributed by atoms with Crippen molar-refractivity contribution >= 4 is 39.6 Å². The van der Waals surface area contributed by atoms with Gasteiger partial charge in [-0.1, -0.05) is 6.07 Å². The Kier molecular flexibility index (Phi) is 3.92. The van der Waals surface area contributed by atoms with Crippen molar-refractivity contribution in [2.45, 2.75) is 0 Å². The summed E-state index contributed by atoms with van der Waals surface area (Å²) in [5, 5.41) is 11.0. The van der Waals surface area contributed by atoms with E-state index in [-0.39, 0.29) is 24.1 Å². The Hall–Kier alpha value is -3.20. The molecule has 0 atom stereocenters. The van der Waals surface area contributed by atoms with Crippen molar-refractivity contribution in [2.75, 3.05) is 6.79 Å². The first-order valence-corrected chi connectivity index (χ1v) is 8.17. The molecule has 0 spiro atoms. The molecule has 0 unspecified atom stereocenters. The smallest absolute Gasteiger partial charge is 0.363 e. The van der Waals surface area contributed by atoms with Gasteiger partial charge >= 0.3 is 5.97 Å². The monoisotopic (exact) mass is 416 g/mol. The molecular weight excluding hydrogens is 408 g/mol. The minimum absolute atomic E-state index is 0.0503. The van der Waals surface area contributed by atoms with Crippen LogP contribution in [0.3, 0.4) is 0 Å². The number of nitrogens with zero attached hydrogens (tertiary/aromatic N) is 2. The molecule has 26 heavy (non-hydrogen) atoms. The number of aliphatic imine (C=N–C) groups is 1. The number of halogens is 1. The average Bonchev–Trinajstić information content (AvgIpc) is 3.22. The van der Waals surface area contributed by atoms with Crippen LogP contribution in [0.5, 0.6) is 11.5 Å². The minimum atomic E-state index is -0.636. The zero-order chi connectivity index (χ0) is 18.3. The van der Waals surface area contributed by atoms with E-state index in [0.717, 1.165) is 0 Å². The maximum atomic E-state index is 12.1. The van der Waals surface area contributed by atoms with E-state index in [1.807, 2.05) is 0 Å². The summed E-state index contributed by atoms with van der Waals surface area (Å²) < 4.78 is 16.1. The van der Waals surface area contributed by atoms with Crippen LogP contribution in [0.2, 0.25) is 0 Å². The molecule has 2 aromatic carbocycles. The maximum Gasteiger partial charge on any atom is 0.363 e. The van der Waals surface area contributed by atoms with Crippen molar-refractivity contribution in [2.24, 2.45) is 4.99 Å². The number of hydrogen-bond donors (Lipinski definition) is 0. The highest BCUT2D eigenvalue weighted by Crippen LogP contribution is 2.34. The van der Waals surface area contributed by atoms with Crippen LogP contribution in [0.1, 0.15) is 11.1 Å². The highest BCUT2D eigenvalue weighted by atomic mass is 79.9. The molecule has 2 aromatic rings. The predicted octanol–water partition coefficient (Wildman–Crippen LogP) is 3.43. The standard InChI is InChI=1S/C17H9BrN2O6/c18-11-3-1-9(6-13(11)20(22)23)5-12-17(21)26-16(19-12)10-2-4-14-15(7-10)25-8-24-14/h1-7H,8H2. The molecule has 0 radical (unpaired) electrons. The number of nitro groups is 1. The first-order chi connectivity index (χ1) is 12.5. The van der Waals surface area contributed by atoms with Crippen LogP contribution in [0, 0.1) is 10.1 Å². The molecule has 0 amide bonds. The molecule has 2 aliphatic heterocycles. The van der Waals surface area contributed by atoms with Gasteiger partial charge in [-0.05, 0) is 51.8 Å². The number of cyclic esters (lactones) is 1. The van der Waals surface area contributed by atoms with Crippen LogP contribution in [0.15, 0.2) is 51.6 Å². The minimum Gasteiger partial charge on any atom is -0.454 e. The Balaban J connectivity index is 1.67. The zero-order valence-corrected chi connectivity index (χ0v) is 14.6. The van der Waals surface area contributed by atoms with Crippen molar-refractivity contribution in [1.82, 2.24) is 0 Å². The summed E-state index contributed by atoms with van der Waals surface area (Å²) in [4.78, 5) is 26.8. The number of rotatable bonds is 3. The third-order valence-electron chi connectivity index (χ3n) is 3.71. The second-order valence-electron chi connectivity index (χ2n) is 5.37. The molecule has 0 saturated carbocycles. The summed E-state index contributed by atoms with van der Waals surface area (Å²) in [6.07, 6.45) is 1.43. The van der Waals surface area contributed by atoms with Gasteiger partial charge in [0.05, 0.1) is 9.40 Å². The van der Waals surface area contributed by atoms with Gasteiger partial charge in [-0.3, -0.25) is 10.1 Å². The van der Waals surface area contributed by atoms with E-state index in [9.17, 15) is 14.9 Å². The number of fused-ring (bicyclic) bond motifs is 1. The summed E-state index contributed by atoms with van der Waals surface area (Å²) in [5.41, 5.74) is 0.968. The molecule has 9 heteroatoms. The fourth-order valence-electron chi connectivity index (χ4n) is 2.48. The van der Waals surface area contributed by atoms with Gasteiger partial charge in [-0.15, -0.1) is 0 Å². The van der Waals surface area contributed by atoms with Gasteiger partial charge in [0.1, 0.15) is 0 Å². The third kappa shape index (κ3) is 2.93. The Labute approximate surface area is 155 Å². The lowest BCUT2D eigenvalue weighted by Crippen LogP contribution is -2.05. The Bertz CT molecular complexity index is 1010.